The Morgan fingerprint density at radius 3 is 1.52 bits per heavy atom. The average molecular weight is 695 g/mol. The number of unbranched alkanes of at least 4 members (excludes halogenated alkanes) is 1. The fraction of sp³-hybridized carbons (Fsp3) is 0.762. The van der Waals surface area contributed by atoms with Gasteiger partial charge in [0.15, 0.2) is 0 Å². The number of allylic oxidation sites excluding steroid dienone is 1. The standard InChI is InChI=1S/2C6H12FNSi.C4H5N.C2H7ClSi.3CH4.Pt/c1-6(4-5-8)9(2,3)7;1-9(2,7)6-4-3-5-8;1-2-3-4-5;1-4(2)3;;;;/h6H,4H2,1-3H3;3-4,6H2,1-2H3;2H,1,3H2;4H,1-2H3;3*1H4;. The molecule has 0 aromatic carbocycles. The van der Waals surface area contributed by atoms with Gasteiger partial charge in [0.05, 0.1) is 24.6 Å². The fourth-order valence-corrected chi connectivity index (χ4v) is 2.63. The molecule has 0 saturated carbocycles. The minimum absolute atomic E-state index is 0. The molecule has 0 heterocycles. The summed E-state index contributed by atoms with van der Waals surface area (Å²) in [4.78, 5) is 0. The minimum Gasteiger partial charge on any atom is -0.314 e. The van der Waals surface area contributed by atoms with Gasteiger partial charge in [-0.05, 0) is 44.2 Å². The zero-order valence-electron chi connectivity index (χ0n) is 18.3. The van der Waals surface area contributed by atoms with Gasteiger partial charge >= 0.3 is 0 Å². The normalized spacial score (nSPS) is 9.42. The first-order chi connectivity index (χ1) is 12.2. The molecule has 0 aromatic rings. The van der Waals surface area contributed by atoms with Crippen molar-refractivity contribution in [2.45, 2.75) is 106 Å². The Morgan fingerprint density at radius 2 is 1.39 bits per heavy atom. The maximum atomic E-state index is 13.0. The van der Waals surface area contributed by atoms with Crippen molar-refractivity contribution in [2.75, 3.05) is 0 Å². The van der Waals surface area contributed by atoms with E-state index in [1.165, 1.54) is 0 Å². The van der Waals surface area contributed by atoms with E-state index in [-0.39, 0.29) is 48.9 Å². The van der Waals surface area contributed by atoms with E-state index in [0.717, 1.165) is 6.42 Å². The third kappa shape index (κ3) is 81.7. The van der Waals surface area contributed by atoms with Crippen LogP contribution in [0.2, 0.25) is 50.9 Å². The molecule has 0 saturated heterocycles. The molecule has 0 radical (unpaired) electrons. The van der Waals surface area contributed by atoms with Crippen LogP contribution < -0.4 is 0 Å². The van der Waals surface area contributed by atoms with E-state index in [9.17, 15) is 8.22 Å². The predicted molar refractivity (Wildman–Crippen MR) is 142 cm³/mol. The number of nitriles is 3. The Labute approximate surface area is 216 Å². The summed E-state index contributed by atoms with van der Waals surface area (Å²) in [7, 11) is -5.52. The molecule has 0 aliphatic carbocycles. The average Bonchev–Trinajstić information content (AvgIpc) is 2.47. The van der Waals surface area contributed by atoms with Crippen molar-refractivity contribution >= 4 is 36.0 Å². The third-order valence-corrected chi connectivity index (χ3v) is 6.96. The van der Waals surface area contributed by atoms with Gasteiger partial charge in [-0.3, -0.25) is 0 Å². The Bertz CT molecular complexity index is 476. The van der Waals surface area contributed by atoms with Gasteiger partial charge in [-0.2, -0.15) is 26.9 Å². The summed E-state index contributed by atoms with van der Waals surface area (Å²) in [6.45, 7) is 15.9. The van der Waals surface area contributed by atoms with Crippen LogP contribution in [0.4, 0.5) is 8.22 Å². The quantitative estimate of drug-likeness (QED) is 0.121. The molecule has 190 valence electrons. The van der Waals surface area contributed by atoms with Gasteiger partial charge in [-0.1, -0.05) is 48.4 Å². The number of nitrogens with zero attached hydrogens (tertiary/aromatic N) is 3. The molecule has 1 unspecified atom stereocenters. The summed E-state index contributed by atoms with van der Waals surface area (Å²) < 4.78 is 25.7. The molecule has 0 spiro atoms. The van der Waals surface area contributed by atoms with Crippen LogP contribution in [-0.4, -0.2) is 24.9 Å². The Hall–Kier alpha value is -0.301. The van der Waals surface area contributed by atoms with Gasteiger partial charge in [0.2, 0.25) is 16.8 Å². The Morgan fingerprint density at radius 1 is 1.00 bits per heavy atom. The van der Waals surface area contributed by atoms with Crippen molar-refractivity contribution in [1.82, 2.24) is 0 Å². The topological polar surface area (TPSA) is 71.4 Å². The van der Waals surface area contributed by atoms with Crippen LogP contribution in [0.1, 0.15) is 54.9 Å². The molecular formula is C21H48ClF2N3PtSi3. The van der Waals surface area contributed by atoms with E-state index in [1.54, 1.807) is 39.2 Å². The molecule has 0 bridgehead atoms. The van der Waals surface area contributed by atoms with Crippen molar-refractivity contribution in [3.05, 3.63) is 12.7 Å². The summed E-state index contributed by atoms with van der Waals surface area (Å²) in [5.41, 5.74) is -0.0255. The minimum atomic E-state index is -2.50. The van der Waals surface area contributed by atoms with Gasteiger partial charge in [0.1, 0.15) is 8.11 Å². The second-order valence-corrected chi connectivity index (χ2v) is 19.9. The van der Waals surface area contributed by atoms with E-state index in [4.69, 9.17) is 26.9 Å². The summed E-state index contributed by atoms with van der Waals surface area (Å²) in [6, 6.07) is 6.49. The SMILES string of the molecule is C.C.C.C=CCC#N.CC(CC#N)[Si](C)(C)F.C[SiH](C)Cl.C[Si](C)(F)CCCC#N.[Pt]. The third-order valence-electron chi connectivity index (χ3n) is 2.86. The summed E-state index contributed by atoms with van der Waals surface area (Å²) in [5, 5.41) is 24.1. The van der Waals surface area contributed by atoms with E-state index in [2.05, 4.69) is 19.7 Å². The monoisotopic (exact) mass is 694 g/mol. The summed E-state index contributed by atoms with van der Waals surface area (Å²) >= 11 is 5.41. The van der Waals surface area contributed by atoms with E-state index in [0.29, 0.717) is 25.3 Å². The zero-order chi connectivity index (χ0) is 22.5. The fourth-order valence-electron chi connectivity index (χ4n) is 1.03. The first-order valence-electron chi connectivity index (χ1n) is 8.93. The largest absolute Gasteiger partial charge is 0.314 e. The molecule has 31 heavy (non-hydrogen) atoms. The number of hydrogen-bond donors (Lipinski definition) is 0. The van der Waals surface area contributed by atoms with Crippen LogP contribution in [0.5, 0.6) is 0 Å². The van der Waals surface area contributed by atoms with E-state index >= 15 is 0 Å². The van der Waals surface area contributed by atoms with Crippen LogP contribution in [0.3, 0.4) is 0 Å². The molecule has 0 aliphatic rings. The molecule has 3 nitrogen and oxygen atoms in total. The summed E-state index contributed by atoms with van der Waals surface area (Å²) in [6.07, 6.45) is 3.61. The summed E-state index contributed by atoms with van der Waals surface area (Å²) in [5.74, 6) is 0. The van der Waals surface area contributed by atoms with Crippen molar-refractivity contribution in [3.8, 4) is 18.2 Å². The molecular weight excluding hydrogens is 647 g/mol. The van der Waals surface area contributed by atoms with Crippen molar-refractivity contribution in [1.29, 1.82) is 15.8 Å². The Balaban J connectivity index is -0.0000000380. The van der Waals surface area contributed by atoms with Crippen molar-refractivity contribution in [2.24, 2.45) is 0 Å². The molecule has 0 amide bonds. The van der Waals surface area contributed by atoms with Gasteiger partial charge in [-0.15, -0.1) is 6.58 Å². The molecule has 0 rings (SSSR count). The maximum absolute atomic E-state index is 13.0. The smallest absolute Gasteiger partial charge is 0.244 e. The molecule has 0 fully saturated rings. The molecule has 0 aromatic heterocycles. The first kappa shape index (κ1) is 52.6. The van der Waals surface area contributed by atoms with E-state index < -0.39 is 24.9 Å². The van der Waals surface area contributed by atoms with Gasteiger partial charge in [0, 0.05) is 33.9 Å². The molecule has 0 N–H and O–H groups in total. The van der Waals surface area contributed by atoms with Crippen molar-refractivity contribution in [3.63, 3.8) is 0 Å². The number of rotatable bonds is 6. The van der Waals surface area contributed by atoms with Gasteiger partial charge < -0.3 is 8.22 Å². The van der Waals surface area contributed by atoms with Crippen LogP contribution in [-0.2, 0) is 21.1 Å². The van der Waals surface area contributed by atoms with Crippen molar-refractivity contribution < 1.29 is 29.3 Å². The van der Waals surface area contributed by atoms with Gasteiger partial charge in [0.25, 0.3) is 0 Å². The van der Waals surface area contributed by atoms with Crippen LogP contribution in [0.25, 0.3) is 0 Å². The van der Waals surface area contributed by atoms with Gasteiger partial charge in [-0.25, -0.2) is 0 Å². The Kier molecular flexibility index (Phi) is 58.2. The van der Waals surface area contributed by atoms with Crippen LogP contribution >= 0.6 is 11.1 Å². The predicted octanol–water partition coefficient (Wildman–Crippen LogP) is 9.13. The zero-order valence-corrected chi connectivity index (χ0v) is 24.4. The maximum Gasteiger partial charge on any atom is 0.244 e. The van der Waals surface area contributed by atoms with E-state index in [1.807, 2.05) is 18.2 Å². The number of halogens is 3. The molecule has 1 atom stereocenters. The molecule has 0 aliphatic heterocycles. The number of hydrogen-bond acceptors (Lipinski definition) is 3. The van der Waals surface area contributed by atoms with Crippen LogP contribution in [0.15, 0.2) is 12.7 Å². The first-order valence-corrected chi connectivity index (χ1v) is 19.0. The van der Waals surface area contributed by atoms with Crippen LogP contribution in [0, 0.1) is 34.0 Å². The second-order valence-electron chi connectivity index (χ2n) is 7.22. The molecule has 10 heteroatoms. The second kappa shape index (κ2) is 34.3.